The first-order valence-corrected chi connectivity index (χ1v) is 8.27. The van der Waals surface area contributed by atoms with Crippen LogP contribution in [-0.2, 0) is 13.0 Å². The average Bonchev–Trinajstić information content (AvgIpc) is 2.90. The van der Waals surface area contributed by atoms with Gasteiger partial charge in [-0.2, -0.15) is 0 Å². The van der Waals surface area contributed by atoms with Crippen molar-refractivity contribution in [2.24, 2.45) is 5.92 Å². The van der Waals surface area contributed by atoms with E-state index in [9.17, 15) is 0 Å². The number of fused-ring (bicyclic) bond motifs is 1. The minimum absolute atomic E-state index is 0.781. The molecule has 0 bridgehead atoms. The third kappa shape index (κ3) is 4.13. The number of benzene rings is 1. The first-order chi connectivity index (χ1) is 9.74. The van der Waals surface area contributed by atoms with Crippen LogP contribution in [0.5, 0.6) is 5.75 Å². The summed E-state index contributed by atoms with van der Waals surface area (Å²) in [6, 6.07) is 4.06. The van der Waals surface area contributed by atoms with Crippen LogP contribution in [0.3, 0.4) is 0 Å². The van der Waals surface area contributed by atoms with Crippen molar-refractivity contribution in [3.05, 3.63) is 28.3 Å². The molecule has 0 aromatic heterocycles. The molecule has 1 heterocycles. The first kappa shape index (κ1) is 15.7. The molecule has 0 saturated carbocycles. The van der Waals surface area contributed by atoms with Crippen molar-refractivity contribution >= 4 is 11.6 Å². The number of hydrogen-bond acceptors (Lipinski definition) is 2. The van der Waals surface area contributed by atoms with E-state index in [4.69, 9.17) is 16.3 Å². The van der Waals surface area contributed by atoms with E-state index in [0.29, 0.717) is 0 Å². The fourth-order valence-electron chi connectivity index (χ4n) is 2.83. The molecule has 0 radical (unpaired) electrons. The quantitative estimate of drug-likeness (QED) is 0.758. The van der Waals surface area contributed by atoms with Gasteiger partial charge < -0.3 is 10.1 Å². The molecule has 0 saturated heterocycles. The highest BCUT2D eigenvalue weighted by atomic mass is 35.5. The molecule has 20 heavy (non-hydrogen) atoms. The van der Waals surface area contributed by atoms with Crippen LogP contribution in [0.1, 0.15) is 50.7 Å². The lowest BCUT2D eigenvalue weighted by atomic mass is 9.99. The predicted octanol–water partition coefficient (Wildman–Crippen LogP) is 4.58. The van der Waals surface area contributed by atoms with Gasteiger partial charge in [-0.05, 0) is 36.6 Å². The normalized spacial score (nSPS) is 14.9. The smallest absolute Gasteiger partial charge is 0.127 e. The van der Waals surface area contributed by atoms with Crippen molar-refractivity contribution in [2.45, 2.75) is 52.5 Å². The molecule has 0 fully saturated rings. The van der Waals surface area contributed by atoms with Gasteiger partial charge in [0.25, 0.3) is 0 Å². The zero-order valence-electron chi connectivity index (χ0n) is 12.7. The molecule has 0 aliphatic carbocycles. The molecule has 1 aromatic carbocycles. The molecule has 1 unspecified atom stereocenters. The molecule has 112 valence electrons. The Hall–Kier alpha value is -0.730. The summed E-state index contributed by atoms with van der Waals surface area (Å²) in [7, 11) is 0. The summed E-state index contributed by atoms with van der Waals surface area (Å²) in [5.41, 5.74) is 2.46. The molecule has 0 amide bonds. The summed E-state index contributed by atoms with van der Waals surface area (Å²) < 4.78 is 5.73. The maximum absolute atomic E-state index is 6.18. The van der Waals surface area contributed by atoms with Crippen molar-refractivity contribution < 1.29 is 4.74 Å². The Bertz CT molecular complexity index is 433. The van der Waals surface area contributed by atoms with Crippen molar-refractivity contribution in [3.8, 4) is 5.75 Å². The van der Waals surface area contributed by atoms with E-state index in [1.54, 1.807) is 0 Å². The third-order valence-corrected chi connectivity index (χ3v) is 4.34. The Balaban J connectivity index is 1.88. The largest absolute Gasteiger partial charge is 0.493 e. The second-order valence-electron chi connectivity index (χ2n) is 5.70. The Morgan fingerprint density at radius 3 is 2.95 bits per heavy atom. The third-order valence-electron chi connectivity index (χ3n) is 4.12. The highest BCUT2D eigenvalue weighted by Gasteiger charge is 2.17. The summed E-state index contributed by atoms with van der Waals surface area (Å²) in [6.45, 7) is 7.26. The molecule has 1 atom stereocenters. The maximum Gasteiger partial charge on any atom is 0.127 e. The van der Waals surface area contributed by atoms with Gasteiger partial charge in [-0.3, -0.25) is 0 Å². The van der Waals surface area contributed by atoms with Crippen molar-refractivity contribution in [1.82, 2.24) is 5.32 Å². The highest BCUT2D eigenvalue weighted by molar-refractivity contribution is 6.30. The fourth-order valence-corrected chi connectivity index (χ4v) is 3.10. The summed E-state index contributed by atoms with van der Waals surface area (Å²) in [5, 5.41) is 4.40. The highest BCUT2D eigenvalue weighted by Crippen LogP contribution is 2.32. The summed E-state index contributed by atoms with van der Waals surface area (Å²) in [6.07, 6.45) is 6.17. The molecule has 1 aromatic rings. The Labute approximate surface area is 127 Å². The van der Waals surface area contributed by atoms with E-state index in [1.165, 1.54) is 36.8 Å². The van der Waals surface area contributed by atoms with Crippen LogP contribution in [0, 0.1) is 5.92 Å². The monoisotopic (exact) mass is 295 g/mol. The van der Waals surface area contributed by atoms with Gasteiger partial charge in [0, 0.05) is 23.6 Å². The van der Waals surface area contributed by atoms with Gasteiger partial charge in [0.2, 0.25) is 0 Å². The molecular formula is C17H26ClNO. The fraction of sp³-hybridized carbons (Fsp3) is 0.647. The van der Waals surface area contributed by atoms with E-state index in [2.05, 4.69) is 19.2 Å². The average molecular weight is 296 g/mol. The van der Waals surface area contributed by atoms with E-state index < -0.39 is 0 Å². The second kappa shape index (κ2) is 7.90. The van der Waals surface area contributed by atoms with Crippen LogP contribution in [-0.4, -0.2) is 13.2 Å². The zero-order valence-corrected chi connectivity index (χ0v) is 13.4. The zero-order chi connectivity index (χ0) is 14.4. The molecule has 2 rings (SSSR count). The van der Waals surface area contributed by atoms with Gasteiger partial charge >= 0.3 is 0 Å². The number of ether oxygens (including phenoxy) is 1. The van der Waals surface area contributed by atoms with Crippen LogP contribution >= 0.6 is 11.6 Å². The van der Waals surface area contributed by atoms with Crippen LogP contribution in [0.4, 0.5) is 0 Å². The van der Waals surface area contributed by atoms with Gasteiger partial charge in [0.15, 0.2) is 0 Å². The minimum atomic E-state index is 0.781. The van der Waals surface area contributed by atoms with Gasteiger partial charge in [-0.25, -0.2) is 0 Å². The van der Waals surface area contributed by atoms with E-state index >= 15 is 0 Å². The lowest BCUT2D eigenvalue weighted by molar-refractivity contribution is 0.351. The van der Waals surface area contributed by atoms with Crippen LogP contribution < -0.4 is 10.1 Å². The molecular weight excluding hydrogens is 270 g/mol. The minimum Gasteiger partial charge on any atom is -0.493 e. The maximum atomic E-state index is 6.18. The predicted molar refractivity (Wildman–Crippen MR) is 85.7 cm³/mol. The number of hydrogen-bond donors (Lipinski definition) is 1. The van der Waals surface area contributed by atoms with Crippen molar-refractivity contribution in [3.63, 3.8) is 0 Å². The summed E-state index contributed by atoms with van der Waals surface area (Å²) >= 11 is 6.18. The topological polar surface area (TPSA) is 21.3 Å². The van der Waals surface area contributed by atoms with E-state index in [1.807, 2.05) is 12.1 Å². The Kier molecular flexibility index (Phi) is 6.18. The van der Waals surface area contributed by atoms with Gasteiger partial charge in [-0.1, -0.05) is 44.7 Å². The first-order valence-electron chi connectivity index (χ1n) is 7.89. The Morgan fingerprint density at radius 1 is 1.35 bits per heavy atom. The van der Waals surface area contributed by atoms with Crippen LogP contribution in [0.15, 0.2) is 12.1 Å². The molecule has 1 aliphatic heterocycles. The van der Waals surface area contributed by atoms with Crippen LogP contribution in [0.2, 0.25) is 5.02 Å². The van der Waals surface area contributed by atoms with E-state index in [-0.39, 0.29) is 0 Å². The number of unbranched alkanes of at least 4 members (excludes halogenated alkanes) is 1. The molecule has 1 aliphatic rings. The van der Waals surface area contributed by atoms with Crippen molar-refractivity contribution in [1.29, 1.82) is 0 Å². The lowest BCUT2D eigenvalue weighted by Gasteiger charge is -2.16. The van der Waals surface area contributed by atoms with Crippen molar-refractivity contribution in [2.75, 3.05) is 13.2 Å². The van der Waals surface area contributed by atoms with Gasteiger partial charge in [0.05, 0.1) is 6.61 Å². The van der Waals surface area contributed by atoms with Gasteiger partial charge in [-0.15, -0.1) is 0 Å². The Morgan fingerprint density at radius 2 is 2.20 bits per heavy atom. The molecule has 0 spiro atoms. The summed E-state index contributed by atoms with van der Waals surface area (Å²) in [4.78, 5) is 0. The van der Waals surface area contributed by atoms with Crippen LogP contribution in [0.25, 0.3) is 0 Å². The number of halogens is 1. The molecule has 2 nitrogen and oxygen atoms in total. The SMILES string of the molecule is CCCCC(CC)CNCc1cc(Cl)cc2c1OCC2. The standard InChI is InChI=1S/C17H26ClNO/c1-3-5-6-13(4-2)11-19-12-15-10-16(18)9-14-7-8-20-17(14)15/h9-10,13,19H,3-8,11-12H2,1-2H3. The molecule has 3 heteroatoms. The van der Waals surface area contributed by atoms with Gasteiger partial charge in [0.1, 0.15) is 5.75 Å². The van der Waals surface area contributed by atoms with E-state index in [0.717, 1.165) is 42.8 Å². The number of rotatable bonds is 8. The second-order valence-corrected chi connectivity index (χ2v) is 6.14. The molecule has 1 N–H and O–H groups in total. The number of nitrogens with one attached hydrogen (secondary N) is 1. The summed E-state index contributed by atoms with van der Waals surface area (Å²) in [5.74, 6) is 1.84. The lowest BCUT2D eigenvalue weighted by Crippen LogP contribution is -2.22.